The molecule has 0 atom stereocenters. The number of rotatable bonds is 8. The topological polar surface area (TPSA) is 43.0 Å². The van der Waals surface area contributed by atoms with Gasteiger partial charge in [-0.1, -0.05) is 30.3 Å². The standard InChI is InChI=1S/C25H27FN2O3/c1-29-24-8-4-6-19(25(24)31-18-20-5-2-3-7-23(20)26)17-27-21-9-11-22(12-10-21)28-13-15-30-16-14-28/h2-12,27H,13-18H2,1H3. The number of benzene rings is 3. The minimum absolute atomic E-state index is 0.133. The Morgan fingerprint density at radius 1 is 0.935 bits per heavy atom. The van der Waals surface area contributed by atoms with Gasteiger partial charge >= 0.3 is 0 Å². The summed E-state index contributed by atoms with van der Waals surface area (Å²) in [4.78, 5) is 2.32. The minimum Gasteiger partial charge on any atom is -0.493 e. The zero-order valence-corrected chi connectivity index (χ0v) is 17.6. The molecule has 6 heteroatoms. The van der Waals surface area contributed by atoms with Crippen LogP contribution in [0.15, 0.2) is 66.7 Å². The number of ether oxygens (including phenoxy) is 3. The molecule has 3 aromatic carbocycles. The second kappa shape index (κ2) is 10.2. The molecule has 1 N–H and O–H groups in total. The van der Waals surface area contributed by atoms with E-state index in [0.29, 0.717) is 23.6 Å². The first-order valence-electron chi connectivity index (χ1n) is 10.4. The summed E-state index contributed by atoms with van der Waals surface area (Å²) in [6, 6.07) is 20.8. The lowest BCUT2D eigenvalue weighted by atomic mass is 10.1. The van der Waals surface area contributed by atoms with Crippen molar-refractivity contribution in [2.24, 2.45) is 0 Å². The van der Waals surface area contributed by atoms with Crippen LogP contribution in [0, 0.1) is 5.82 Å². The molecule has 1 aliphatic rings. The van der Waals surface area contributed by atoms with Gasteiger partial charge in [-0.3, -0.25) is 0 Å². The lowest BCUT2D eigenvalue weighted by Gasteiger charge is -2.29. The maximum absolute atomic E-state index is 14.0. The highest BCUT2D eigenvalue weighted by molar-refractivity contribution is 5.56. The number of morpholine rings is 1. The number of hydrogen-bond acceptors (Lipinski definition) is 5. The maximum Gasteiger partial charge on any atom is 0.166 e. The van der Waals surface area contributed by atoms with Crippen molar-refractivity contribution >= 4 is 11.4 Å². The van der Waals surface area contributed by atoms with Gasteiger partial charge in [0.15, 0.2) is 11.5 Å². The summed E-state index contributed by atoms with van der Waals surface area (Å²) in [6.07, 6.45) is 0. The predicted octanol–water partition coefficient (Wildman–Crippen LogP) is 4.86. The number of halogens is 1. The van der Waals surface area contributed by atoms with Crippen molar-refractivity contribution in [3.63, 3.8) is 0 Å². The van der Waals surface area contributed by atoms with E-state index in [-0.39, 0.29) is 12.4 Å². The molecule has 1 saturated heterocycles. The van der Waals surface area contributed by atoms with Gasteiger partial charge in [0.25, 0.3) is 0 Å². The van der Waals surface area contributed by atoms with Gasteiger partial charge in [0, 0.05) is 42.1 Å². The molecule has 0 unspecified atom stereocenters. The van der Waals surface area contributed by atoms with Crippen LogP contribution in [0.1, 0.15) is 11.1 Å². The van der Waals surface area contributed by atoms with Crippen molar-refractivity contribution < 1.29 is 18.6 Å². The molecule has 0 bridgehead atoms. The summed E-state index contributed by atoms with van der Waals surface area (Å²) in [6.45, 7) is 4.06. The number of nitrogens with one attached hydrogen (secondary N) is 1. The quantitative estimate of drug-likeness (QED) is 0.562. The highest BCUT2D eigenvalue weighted by Crippen LogP contribution is 2.32. The molecule has 162 valence electrons. The Labute approximate surface area is 182 Å². The first-order chi connectivity index (χ1) is 15.2. The predicted molar refractivity (Wildman–Crippen MR) is 121 cm³/mol. The smallest absolute Gasteiger partial charge is 0.166 e. The van der Waals surface area contributed by atoms with Crippen molar-refractivity contribution in [3.8, 4) is 11.5 Å². The second-order valence-corrected chi connectivity index (χ2v) is 7.33. The van der Waals surface area contributed by atoms with E-state index in [2.05, 4.69) is 34.5 Å². The molecule has 1 heterocycles. The van der Waals surface area contributed by atoms with Gasteiger partial charge in [-0.25, -0.2) is 4.39 Å². The zero-order valence-electron chi connectivity index (χ0n) is 17.6. The Kier molecular flexibility index (Phi) is 6.89. The zero-order chi connectivity index (χ0) is 21.5. The first kappa shape index (κ1) is 21.0. The molecule has 0 saturated carbocycles. The third kappa shape index (κ3) is 5.27. The Balaban J connectivity index is 1.43. The van der Waals surface area contributed by atoms with Crippen molar-refractivity contribution in [1.82, 2.24) is 0 Å². The highest BCUT2D eigenvalue weighted by Gasteiger charge is 2.13. The molecule has 1 aliphatic heterocycles. The summed E-state index contributed by atoms with van der Waals surface area (Å²) in [5.41, 5.74) is 3.66. The molecule has 31 heavy (non-hydrogen) atoms. The van der Waals surface area contributed by atoms with Crippen molar-refractivity contribution in [2.45, 2.75) is 13.2 Å². The first-order valence-corrected chi connectivity index (χ1v) is 10.4. The summed E-state index contributed by atoms with van der Waals surface area (Å²) in [5, 5.41) is 3.44. The molecule has 0 aliphatic carbocycles. The Hall–Kier alpha value is -3.25. The van der Waals surface area contributed by atoms with Gasteiger partial charge < -0.3 is 24.4 Å². The SMILES string of the molecule is COc1cccc(CNc2ccc(N3CCOCC3)cc2)c1OCc1ccccc1F. The normalized spacial score (nSPS) is 13.7. The fourth-order valence-corrected chi connectivity index (χ4v) is 3.60. The molecule has 0 spiro atoms. The van der Waals surface area contributed by atoms with Gasteiger partial charge in [0.05, 0.1) is 20.3 Å². The molecular formula is C25H27FN2O3. The number of nitrogens with zero attached hydrogens (tertiary/aromatic N) is 1. The molecule has 3 aromatic rings. The minimum atomic E-state index is -0.280. The van der Waals surface area contributed by atoms with Crippen molar-refractivity contribution in [3.05, 3.63) is 83.7 Å². The summed E-state index contributed by atoms with van der Waals surface area (Å²) in [7, 11) is 1.60. The third-order valence-corrected chi connectivity index (χ3v) is 5.34. The summed E-state index contributed by atoms with van der Waals surface area (Å²) >= 11 is 0. The van der Waals surface area contributed by atoms with Crippen LogP contribution in [0.5, 0.6) is 11.5 Å². The van der Waals surface area contributed by atoms with Crippen LogP contribution in [-0.2, 0) is 17.9 Å². The van der Waals surface area contributed by atoms with Gasteiger partial charge in [-0.15, -0.1) is 0 Å². The lowest BCUT2D eigenvalue weighted by molar-refractivity contribution is 0.122. The maximum atomic E-state index is 14.0. The number of anilines is 2. The van der Waals surface area contributed by atoms with E-state index >= 15 is 0 Å². The van der Waals surface area contributed by atoms with Crippen LogP contribution < -0.4 is 19.7 Å². The van der Waals surface area contributed by atoms with E-state index in [9.17, 15) is 4.39 Å². The van der Waals surface area contributed by atoms with Crippen LogP contribution in [0.3, 0.4) is 0 Å². The van der Waals surface area contributed by atoms with Gasteiger partial charge in [0.1, 0.15) is 12.4 Å². The second-order valence-electron chi connectivity index (χ2n) is 7.33. The van der Waals surface area contributed by atoms with E-state index in [1.165, 1.54) is 11.8 Å². The summed E-state index contributed by atoms with van der Waals surface area (Å²) < 4.78 is 30.9. The average Bonchev–Trinajstić information content (AvgIpc) is 2.83. The molecule has 5 nitrogen and oxygen atoms in total. The van der Waals surface area contributed by atoms with Crippen LogP contribution in [-0.4, -0.2) is 33.4 Å². The molecule has 0 amide bonds. The van der Waals surface area contributed by atoms with Crippen LogP contribution >= 0.6 is 0 Å². The Morgan fingerprint density at radius 3 is 2.42 bits per heavy atom. The molecule has 0 radical (unpaired) electrons. The van der Waals surface area contributed by atoms with Gasteiger partial charge in [-0.2, -0.15) is 0 Å². The van der Waals surface area contributed by atoms with E-state index < -0.39 is 0 Å². The summed E-state index contributed by atoms with van der Waals surface area (Å²) in [5.74, 6) is 0.960. The molecule has 0 aromatic heterocycles. The molecule has 4 rings (SSSR count). The van der Waals surface area contributed by atoms with Crippen LogP contribution in [0.25, 0.3) is 0 Å². The third-order valence-electron chi connectivity index (χ3n) is 5.34. The number of hydrogen-bond donors (Lipinski definition) is 1. The van der Waals surface area contributed by atoms with Gasteiger partial charge in [0.2, 0.25) is 0 Å². The van der Waals surface area contributed by atoms with E-state index in [4.69, 9.17) is 14.2 Å². The largest absolute Gasteiger partial charge is 0.493 e. The van der Waals surface area contributed by atoms with Crippen molar-refractivity contribution in [2.75, 3.05) is 43.6 Å². The Morgan fingerprint density at radius 2 is 1.68 bits per heavy atom. The monoisotopic (exact) mass is 422 g/mol. The van der Waals surface area contributed by atoms with E-state index in [0.717, 1.165) is 37.6 Å². The van der Waals surface area contributed by atoms with Crippen LogP contribution in [0.4, 0.5) is 15.8 Å². The highest BCUT2D eigenvalue weighted by atomic mass is 19.1. The average molecular weight is 423 g/mol. The van der Waals surface area contributed by atoms with Crippen molar-refractivity contribution in [1.29, 1.82) is 0 Å². The molecule has 1 fully saturated rings. The molecular weight excluding hydrogens is 395 g/mol. The van der Waals surface area contributed by atoms with Crippen LogP contribution in [0.2, 0.25) is 0 Å². The van der Waals surface area contributed by atoms with Gasteiger partial charge in [-0.05, 0) is 36.4 Å². The fourth-order valence-electron chi connectivity index (χ4n) is 3.60. The fraction of sp³-hybridized carbons (Fsp3) is 0.280. The Bertz CT molecular complexity index is 988. The number of para-hydroxylation sites is 1. The lowest BCUT2D eigenvalue weighted by Crippen LogP contribution is -2.36. The van der Waals surface area contributed by atoms with E-state index in [1.54, 1.807) is 25.3 Å². The van der Waals surface area contributed by atoms with E-state index in [1.807, 2.05) is 18.2 Å². The number of methoxy groups -OCH3 is 1.